The normalized spacial score (nSPS) is 11.6. The zero-order chi connectivity index (χ0) is 8.48. The third-order valence-corrected chi connectivity index (χ3v) is 1.42. The molecule has 1 aromatic rings. The van der Waals surface area contributed by atoms with Gasteiger partial charge in [0, 0.05) is 0 Å². The van der Waals surface area contributed by atoms with E-state index in [0.29, 0.717) is 5.56 Å². The zero-order valence-corrected chi connectivity index (χ0v) is 6.02. The lowest BCUT2D eigenvalue weighted by molar-refractivity contribution is 0.501. The summed E-state index contributed by atoms with van der Waals surface area (Å²) >= 11 is 0. The molecule has 0 radical (unpaired) electrons. The van der Waals surface area contributed by atoms with E-state index in [9.17, 15) is 12.9 Å². The summed E-state index contributed by atoms with van der Waals surface area (Å²) in [5.74, 6) is 0. The Morgan fingerprint density at radius 1 is 1.18 bits per heavy atom. The van der Waals surface area contributed by atoms with Crippen molar-refractivity contribution in [2.75, 3.05) is 0 Å². The minimum absolute atomic E-state index is 0.523. The molecule has 1 aromatic carbocycles. The Balaban J connectivity index is 3.06. The lowest BCUT2D eigenvalue weighted by atomic mass is 9.79. The highest BCUT2D eigenvalue weighted by molar-refractivity contribution is 6.73. The molecule has 0 N–H and O–H groups in total. The Labute approximate surface area is 63.1 Å². The second-order valence-electron chi connectivity index (χ2n) is 2.49. The number of halogens is 3. The minimum Gasteiger partial charge on any atom is -0.445 e. The molecule has 0 aliphatic carbocycles. The van der Waals surface area contributed by atoms with Crippen LogP contribution >= 0.6 is 0 Å². The van der Waals surface area contributed by atoms with Gasteiger partial charge in [0.15, 0.2) is 0 Å². The molecule has 0 spiro atoms. The molecule has 0 fully saturated rings. The highest BCUT2D eigenvalue weighted by Crippen LogP contribution is 2.09. The van der Waals surface area contributed by atoms with Gasteiger partial charge in [-0.25, -0.2) is 0 Å². The van der Waals surface area contributed by atoms with Gasteiger partial charge >= 0.3 is 6.98 Å². The summed E-state index contributed by atoms with van der Waals surface area (Å²) < 4.78 is 36.1. The van der Waals surface area contributed by atoms with Crippen LogP contribution in [0.25, 0.3) is 0 Å². The molecule has 0 bridgehead atoms. The summed E-state index contributed by atoms with van der Waals surface area (Å²) in [6.07, 6.45) is 0. The van der Waals surface area contributed by atoms with Gasteiger partial charge in [-0.15, -0.1) is 5.46 Å². The fourth-order valence-electron chi connectivity index (χ4n) is 0.874. The van der Waals surface area contributed by atoms with Crippen molar-refractivity contribution in [2.45, 2.75) is 6.92 Å². The van der Waals surface area contributed by atoms with Crippen molar-refractivity contribution in [1.82, 2.24) is 0 Å². The van der Waals surface area contributed by atoms with E-state index in [2.05, 4.69) is 0 Å². The van der Waals surface area contributed by atoms with Gasteiger partial charge in [-0.2, -0.15) is 0 Å². The molecule has 11 heavy (non-hydrogen) atoms. The lowest BCUT2D eigenvalue weighted by Crippen LogP contribution is -2.33. The first-order chi connectivity index (χ1) is 5.00. The number of hydrogen-bond donors (Lipinski definition) is 0. The van der Waals surface area contributed by atoms with Gasteiger partial charge < -0.3 is 12.9 Å². The van der Waals surface area contributed by atoms with Crippen LogP contribution in [0.2, 0.25) is 0 Å². The predicted molar refractivity (Wildman–Crippen MR) is 39.9 cm³/mol. The van der Waals surface area contributed by atoms with E-state index in [1.54, 1.807) is 13.0 Å². The maximum Gasteiger partial charge on any atom is 0.509 e. The molecule has 1 rings (SSSR count). The predicted octanol–water partition coefficient (Wildman–Crippen LogP) is 2.05. The summed E-state index contributed by atoms with van der Waals surface area (Å²) in [7, 11) is 0. The topological polar surface area (TPSA) is 0 Å². The zero-order valence-electron chi connectivity index (χ0n) is 6.02. The van der Waals surface area contributed by atoms with E-state index in [-0.39, 0.29) is 0 Å². The fourth-order valence-corrected chi connectivity index (χ4v) is 0.874. The first-order valence-corrected chi connectivity index (χ1v) is 3.26. The third kappa shape index (κ3) is 2.00. The van der Waals surface area contributed by atoms with Crippen LogP contribution < -0.4 is 5.46 Å². The summed E-state index contributed by atoms with van der Waals surface area (Å²) in [5, 5.41) is 0. The number of benzene rings is 1. The van der Waals surface area contributed by atoms with Crippen LogP contribution in [0.5, 0.6) is 0 Å². The second kappa shape index (κ2) is 2.60. The Kier molecular flexibility index (Phi) is 1.93. The molecular formula is C7H7BF3-. The SMILES string of the molecule is Cc1cccc([B-](F)(F)F)c1. The Hall–Kier alpha value is -0.925. The first-order valence-electron chi connectivity index (χ1n) is 3.26. The van der Waals surface area contributed by atoms with Crippen LogP contribution in [-0.4, -0.2) is 6.98 Å². The minimum atomic E-state index is -4.82. The van der Waals surface area contributed by atoms with E-state index in [1.165, 1.54) is 6.07 Å². The summed E-state index contributed by atoms with van der Waals surface area (Å²) in [5.41, 5.74) is 0.117. The molecule has 0 aliphatic rings. The molecular weight excluding hydrogens is 152 g/mol. The standard InChI is InChI=1S/C7H7BF3/c1-6-3-2-4-7(5-6)8(9,10)11/h2-5H,1H3/q-1. The average molecular weight is 159 g/mol. The molecule has 4 heteroatoms. The van der Waals surface area contributed by atoms with E-state index >= 15 is 0 Å². The number of hydrogen-bond acceptors (Lipinski definition) is 0. The highest BCUT2D eigenvalue weighted by Gasteiger charge is 2.24. The Bertz CT molecular complexity index is 254. The van der Waals surface area contributed by atoms with Crippen LogP contribution in [0.4, 0.5) is 12.9 Å². The summed E-state index contributed by atoms with van der Waals surface area (Å²) in [6, 6.07) is 5.30. The lowest BCUT2D eigenvalue weighted by Gasteiger charge is -2.14. The van der Waals surface area contributed by atoms with Gasteiger partial charge in [0.2, 0.25) is 0 Å². The van der Waals surface area contributed by atoms with Crippen molar-refractivity contribution < 1.29 is 12.9 Å². The smallest absolute Gasteiger partial charge is 0.445 e. The van der Waals surface area contributed by atoms with Crippen LogP contribution in [0.1, 0.15) is 5.56 Å². The van der Waals surface area contributed by atoms with Gasteiger partial charge in [-0.05, 0) is 6.92 Å². The van der Waals surface area contributed by atoms with Gasteiger partial charge in [0.25, 0.3) is 0 Å². The Morgan fingerprint density at radius 3 is 2.18 bits per heavy atom. The third-order valence-electron chi connectivity index (χ3n) is 1.42. The first kappa shape index (κ1) is 8.17. The molecule has 0 saturated heterocycles. The van der Waals surface area contributed by atoms with Gasteiger partial charge in [0.1, 0.15) is 0 Å². The van der Waals surface area contributed by atoms with E-state index in [0.717, 1.165) is 12.1 Å². The second-order valence-corrected chi connectivity index (χ2v) is 2.49. The maximum absolute atomic E-state index is 12.0. The van der Waals surface area contributed by atoms with Gasteiger partial charge in [-0.1, -0.05) is 29.8 Å². The molecule has 0 saturated carbocycles. The quantitative estimate of drug-likeness (QED) is 0.550. The van der Waals surface area contributed by atoms with Crippen molar-refractivity contribution in [3.63, 3.8) is 0 Å². The van der Waals surface area contributed by atoms with E-state index < -0.39 is 12.4 Å². The van der Waals surface area contributed by atoms with Gasteiger partial charge in [0.05, 0.1) is 0 Å². The molecule has 0 atom stereocenters. The molecule has 0 heterocycles. The van der Waals surface area contributed by atoms with E-state index in [4.69, 9.17) is 0 Å². The molecule has 0 nitrogen and oxygen atoms in total. The highest BCUT2D eigenvalue weighted by atomic mass is 19.4. The molecule has 0 aromatic heterocycles. The van der Waals surface area contributed by atoms with Gasteiger partial charge in [-0.3, -0.25) is 0 Å². The monoisotopic (exact) mass is 159 g/mol. The van der Waals surface area contributed by atoms with Crippen LogP contribution in [0.3, 0.4) is 0 Å². The largest absolute Gasteiger partial charge is 0.509 e. The Morgan fingerprint density at radius 2 is 1.82 bits per heavy atom. The summed E-state index contributed by atoms with van der Waals surface area (Å²) in [4.78, 5) is 0. The van der Waals surface area contributed by atoms with E-state index in [1.807, 2.05) is 0 Å². The molecule has 0 unspecified atom stereocenters. The van der Waals surface area contributed by atoms with Crippen LogP contribution in [0, 0.1) is 6.92 Å². The molecule has 60 valence electrons. The van der Waals surface area contributed by atoms with Crippen molar-refractivity contribution >= 4 is 12.4 Å². The molecule has 0 aliphatic heterocycles. The van der Waals surface area contributed by atoms with Crippen molar-refractivity contribution in [3.05, 3.63) is 29.8 Å². The fraction of sp³-hybridized carbons (Fsp3) is 0.143. The number of aryl methyl sites for hydroxylation is 1. The van der Waals surface area contributed by atoms with Crippen molar-refractivity contribution in [3.8, 4) is 0 Å². The number of rotatable bonds is 1. The van der Waals surface area contributed by atoms with Crippen LogP contribution in [0.15, 0.2) is 24.3 Å². The van der Waals surface area contributed by atoms with Crippen LogP contribution in [-0.2, 0) is 0 Å². The summed E-state index contributed by atoms with van der Waals surface area (Å²) in [6.45, 7) is -3.18. The average Bonchev–Trinajstić information content (AvgIpc) is 1.86. The molecule has 0 amide bonds. The maximum atomic E-state index is 12.0. The van der Waals surface area contributed by atoms with Crippen molar-refractivity contribution in [2.24, 2.45) is 0 Å². The van der Waals surface area contributed by atoms with Crippen molar-refractivity contribution in [1.29, 1.82) is 0 Å².